The standard InChI is InChI=1S/C10H21NO2S/c1-9(2,3)10(4,5)14(12,13)11-7-6-8-11/h6-8H2,1-5H3. The first kappa shape index (κ1) is 12.0. The maximum Gasteiger partial charge on any atom is 0.219 e. The largest absolute Gasteiger partial charge is 0.219 e. The first-order chi connectivity index (χ1) is 6.11. The molecular weight excluding hydrogens is 198 g/mol. The van der Waals surface area contributed by atoms with Crippen molar-refractivity contribution in [1.82, 2.24) is 4.31 Å². The Morgan fingerprint density at radius 2 is 1.43 bits per heavy atom. The summed E-state index contributed by atoms with van der Waals surface area (Å²) in [4.78, 5) is 0. The molecule has 4 heteroatoms. The molecule has 0 N–H and O–H groups in total. The Morgan fingerprint density at radius 1 is 1.00 bits per heavy atom. The summed E-state index contributed by atoms with van der Waals surface area (Å²) in [5.41, 5.74) is -0.235. The molecule has 84 valence electrons. The van der Waals surface area contributed by atoms with Crippen molar-refractivity contribution in [2.45, 2.75) is 45.8 Å². The van der Waals surface area contributed by atoms with E-state index in [-0.39, 0.29) is 5.41 Å². The average Bonchev–Trinajstić information content (AvgIpc) is 1.78. The summed E-state index contributed by atoms with van der Waals surface area (Å²) >= 11 is 0. The molecule has 0 radical (unpaired) electrons. The van der Waals surface area contributed by atoms with Crippen LogP contribution in [0.4, 0.5) is 0 Å². The Kier molecular flexibility index (Phi) is 2.74. The summed E-state index contributed by atoms with van der Waals surface area (Å²) in [5.74, 6) is 0. The second-order valence-electron chi connectivity index (χ2n) is 5.52. The molecule has 0 bridgehead atoms. The first-order valence-corrected chi connectivity index (χ1v) is 6.54. The van der Waals surface area contributed by atoms with Gasteiger partial charge in [-0.3, -0.25) is 0 Å². The molecule has 0 aromatic carbocycles. The zero-order valence-electron chi connectivity index (χ0n) is 9.79. The van der Waals surface area contributed by atoms with Gasteiger partial charge in [0.25, 0.3) is 0 Å². The molecule has 0 saturated carbocycles. The molecule has 14 heavy (non-hydrogen) atoms. The van der Waals surface area contributed by atoms with Crippen molar-refractivity contribution < 1.29 is 8.42 Å². The van der Waals surface area contributed by atoms with E-state index in [1.807, 2.05) is 34.6 Å². The Morgan fingerprint density at radius 3 is 1.64 bits per heavy atom. The highest BCUT2D eigenvalue weighted by Crippen LogP contribution is 2.39. The second kappa shape index (κ2) is 3.20. The van der Waals surface area contributed by atoms with Crippen LogP contribution in [0.3, 0.4) is 0 Å². The average molecular weight is 219 g/mol. The lowest BCUT2D eigenvalue weighted by molar-refractivity contribution is 0.251. The molecule has 0 unspecified atom stereocenters. The van der Waals surface area contributed by atoms with E-state index in [0.29, 0.717) is 13.1 Å². The third-order valence-electron chi connectivity index (χ3n) is 3.61. The molecule has 1 heterocycles. The Hall–Kier alpha value is -0.0900. The molecule has 1 saturated heterocycles. The minimum absolute atomic E-state index is 0.235. The van der Waals surface area contributed by atoms with Crippen LogP contribution in [0.2, 0.25) is 0 Å². The van der Waals surface area contributed by atoms with Gasteiger partial charge in [-0.15, -0.1) is 0 Å². The number of rotatable bonds is 2. The quantitative estimate of drug-likeness (QED) is 0.710. The van der Waals surface area contributed by atoms with E-state index in [9.17, 15) is 8.42 Å². The third-order valence-corrected chi connectivity index (χ3v) is 6.55. The maximum atomic E-state index is 12.2. The van der Waals surface area contributed by atoms with Gasteiger partial charge < -0.3 is 0 Å². The number of nitrogens with zero attached hydrogens (tertiary/aromatic N) is 1. The predicted molar refractivity (Wildman–Crippen MR) is 58.6 cm³/mol. The van der Waals surface area contributed by atoms with Crippen molar-refractivity contribution in [2.24, 2.45) is 5.41 Å². The predicted octanol–water partition coefficient (Wildman–Crippen LogP) is 1.85. The van der Waals surface area contributed by atoms with Crippen LogP contribution in [0, 0.1) is 5.41 Å². The number of sulfonamides is 1. The van der Waals surface area contributed by atoms with Gasteiger partial charge in [-0.1, -0.05) is 20.8 Å². The molecule has 1 rings (SSSR count). The SMILES string of the molecule is CC(C)(C)C(C)(C)S(=O)(=O)N1CCC1. The molecule has 1 fully saturated rings. The summed E-state index contributed by atoms with van der Waals surface area (Å²) in [6.45, 7) is 11.0. The van der Waals surface area contributed by atoms with Crippen molar-refractivity contribution in [2.75, 3.05) is 13.1 Å². The second-order valence-corrected chi connectivity index (χ2v) is 8.01. The molecule has 0 atom stereocenters. The van der Waals surface area contributed by atoms with Crippen LogP contribution in [0.1, 0.15) is 41.0 Å². The highest BCUT2D eigenvalue weighted by molar-refractivity contribution is 7.90. The highest BCUT2D eigenvalue weighted by Gasteiger charge is 2.48. The van der Waals surface area contributed by atoms with Crippen molar-refractivity contribution in [3.05, 3.63) is 0 Å². The Bertz CT molecular complexity index is 308. The van der Waals surface area contributed by atoms with Crippen LogP contribution < -0.4 is 0 Å². The van der Waals surface area contributed by atoms with E-state index in [4.69, 9.17) is 0 Å². The fraction of sp³-hybridized carbons (Fsp3) is 1.00. The Balaban J connectivity index is 3.02. The fourth-order valence-electron chi connectivity index (χ4n) is 1.24. The third kappa shape index (κ3) is 1.58. The fourth-order valence-corrected chi connectivity index (χ4v) is 3.40. The van der Waals surface area contributed by atoms with E-state index >= 15 is 0 Å². The van der Waals surface area contributed by atoms with Gasteiger partial charge in [-0.2, -0.15) is 0 Å². The van der Waals surface area contributed by atoms with Crippen molar-refractivity contribution >= 4 is 10.0 Å². The Labute approximate surface area is 87.5 Å². The molecule has 3 nitrogen and oxygen atoms in total. The minimum atomic E-state index is -3.13. The normalized spacial score (nSPS) is 20.6. The van der Waals surface area contributed by atoms with Crippen LogP contribution in [0.5, 0.6) is 0 Å². The summed E-state index contributed by atoms with van der Waals surface area (Å²) in [6, 6.07) is 0. The molecule has 0 spiro atoms. The summed E-state index contributed by atoms with van der Waals surface area (Å²) in [7, 11) is -3.13. The lowest BCUT2D eigenvalue weighted by atomic mass is 9.83. The van der Waals surface area contributed by atoms with Crippen LogP contribution in [-0.2, 0) is 10.0 Å². The van der Waals surface area contributed by atoms with Gasteiger partial charge in [0.2, 0.25) is 10.0 Å². The van der Waals surface area contributed by atoms with Gasteiger partial charge in [-0.25, -0.2) is 12.7 Å². The van der Waals surface area contributed by atoms with Crippen molar-refractivity contribution in [3.63, 3.8) is 0 Å². The minimum Gasteiger partial charge on any atom is -0.212 e. The van der Waals surface area contributed by atoms with Crippen molar-refractivity contribution in [3.8, 4) is 0 Å². The van der Waals surface area contributed by atoms with Gasteiger partial charge >= 0.3 is 0 Å². The molecule has 0 aromatic heterocycles. The van der Waals surface area contributed by atoms with E-state index in [1.165, 1.54) is 0 Å². The van der Waals surface area contributed by atoms with Crippen LogP contribution in [0.15, 0.2) is 0 Å². The summed E-state index contributed by atoms with van der Waals surface area (Å²) in [6.07, 6.45) is 0.999. The van der Waals surface area contributed by atoms with Gasteiger partial charge in [-0.05, 0) is 25.7 Å². The van der Waals surface area contributed by atoms with E-state index in [2.05, 4.69) is 0 Å². The summed E-state index contributed by atoms with van der Waals surface area (Å²) < 4.78 is 25.3. The smallest absolute Gasteiger partial charge is 0.212 e. The monoisotopic (exact) mass is 219 g/mol. The van der Waals surface area contributed by atoms with E-state index in [1.54, 1.807) is 4.31 Å². The van der Waals surface area contributed by atoms with Gasteiger partial charge in [0.15, 0.2) is 0 Å². The maximum absolute atomic E-state index is 12.2. The van der Waals surface area contributed by atoms with Crippen LogP contribution in [-0.4, -0.2) is 30.6 Å². The highest BCUT2D eigenvalue weighted by atomic mass is 32.2. The lowest BCUT2D eigenvalue weighted by Crippen LogP contribution is -2.55. The molecule has 0 aliphatic carbocycles. The zero-order valence-corrected chi connectivity index (χ0v) is 10.6. The van der Waals surface area contributed by atoms with Gasteiger partial charge in [0.05, 0.1) is 4.75 Å². The molecular formula is C10H21NO2S. The zero-order chi connectivity index (χ0) is 11.2. The lowest BCUT2D eigenvalue weighted by Gasteiger charge is -2.44. The van der Waals surface area contributed by atoms with E-state index < -0.39 is 14.8 Å². The number of hydrogen-bond acceptors (Lipinski definition) is 2. The first-order valence-electron chi connectivity index (χ1n) is 5.10. The van der Waals surface area contributed by atoms with E-state index in [0.717, 1.165) is 6.42 Å². The van der Waals surface area contributed by atoms with Crippen LogP contribution in [0.25, 0.3) is 0 Å². The van der Waals surface area contributed by atoms with Gasteiger partial charge in [0, 0.05) is 13.1 Å². The molecule has 1 aliphatic heterocycles. The summed E-state index contributed by atoms with van der Waals surface area (Å²) in [5, 5.41) is 0. The van der Waals surface area contributed by atoms with Crippen LogP contribution >= 0.6 is 0 Å². The molecule has 0 amide bonds. The topological polar surface area (TPSA) is 37.4 Å². The molecule has 0 aromatic rings. The van der Waals surface area contributed by atoms with Gasteiger partial charge in [0.1, 0.15) is 0 Å². The molecule has 1 aliphatic rings. The number of hydrogen-bond donors (Lipinski definition) is 0. The van der Waals surface area contributed by atoms with Crippen molar-refractivity contribution in [1.29, 1.82) is 0 Å².